The van der Waals surface area contributed by atoms with Gasteiger partial charge in [0.05, 0.1) is 12.4 Å². The van der Waals surface area contributed by atoms with Crippen molar-refractivity contribution in [1.29, 1.82) is 0 Å². The van der Waals surface area contributed by atoms with E-state index in [1.165, 1.54) is 0 Å². The summed E-state index contributed by atoms with van der Waals surface area (Å²) < 4.78 is 0. The van der Waals surface area contributed by atoms with Gasteiger partial charge in [-0.3, -0.25) is 9.98 Å². The maximum atomic E-state index is 5.72. The summed E-state index contributed by atoms with van der Waals surface area (Å²) in [5.74, 6) is 1.01. The van der Waals surface area contributed by atoms with Gasteiger partial charge in [-0.15, -0.1) is 0 Å². The van der Waals surface area contributed by atoms with Crippen molar-refractivity contribution in [3.63, 3.8) is 0 Å². The molecule has 1 aromatic rings. The first kappa shape index (κ1) is 10.7. The minimum absolute atomic E-state index is 0.313. The Morgan fingerprint density at radius 2 is 2.21 bits per heavy atom. The molecule has 0 aliphatic heterocycles. The molecule has 0 fully saturated rings. The fraction of sp³-hybridized carbons (Fsp3) is 0.455. The van der Waals surface area contributed by atoms with Gasteiger partial charge in [-0.05, 0) is 18.6 Å². The van der Waals surface area contributed by atoms with Gasteiger partial charge < -0.3 is 5.73 Å². The molecule has 0 aliphatic rings. The van der Waals surface area contributed by atoms with Crippen LogP contribution in [0.5, 0.6) is 0 Å². The van der Waals surface area contributed by atoms with Gasteiger partial charge in [0.15, 0.2) is 0 Å². The number of hydrogen-bond acceptors (Lipinski definition) is 2. The number of aliphatic imine (C=N–C) groups is 1. The summed E-state index contributed by atoms with van der Waals surface area (Å²) in [5.41, 5.74) is 7.84. The van der Waals surface area contributed by atoms with Crippen molar-refractivity contribution in [3.05, 3.63) is 29.6 Å². The van der Waals surface area contributed by atoms with Gasteiger partial charge in [0, 0.05) is 17.8 Å². The van der Waals surface area contributed by atoms with Crippen LogP contribution in [0.3, 0.4) is 0 Å². The van der Waals surface area contributed by atoms with Crippen molar-refractivity contribution in [2.45, 2.75) is 27.3 Å². The lowest BCUT2D eigenvalue weighted by Gasteiger charge is -2.03. The van der Waals surface area contributed by atoms with Gasteiger partial charge in [0.2, 0.25) is 0 Å². The Kier molecular flexibility index (Phi) is 3.63. The molecule has 14 heavy (non-hydrogen) atoms. The summed E-state index contributed by atoms with van der Waals surface area (Å²) >= 11 is 0. The minimum atomic E-state index is 0.313. The first-order valence-electron chi connectivity index (χ1n) is 4.81. The van der Waals surface area contributed by atoms with Crippen LogP contribution < -0.4 is 5.73 Å². The fourth-order valence-corrected chi connectivity index (χ4v) is 0.957. The van der Waals surface area contributed by atoms with Gasteiger partial charge in [-0.1, -0.05) is 19.9 Å². The molecule has 0 spiro atoms. The van der Waals surface area contributed by atoms with Gasteiger partial charge in [0.1, 0.15) is 0 Å². The smallest absolute Gasteiger partial charge is 0.0966 e. The number of aromatic nitrogens is 1. The van der Waals surface area contributed by atoms with Crippen LogP contribution in [0.4, 0.5) is 0 Å². The predicted molar refractivity (Wildman–Crippen MR) is 59.1 cm³/mol. The van der Waals surface area contributed by atoms with Gasteiger partial charge in [-0.25, -0.2) is 0 Å². The van der Waals surface area contributed by atoms with Crippen molar-refractivity contribution in [1.82, 2.24) is 4.98 Å². The number of rotatable bonds is 3. The van der Waals surface area contributed by atoms with E-state index in [4.69, 9.17) is 5.73 Å². The molecular weight excluding hydrogens is 174 g/mol. The highest BCUT2D eigenvalue weighted by Crippen LogP contribution is 2.02. The van der Waals surface area contributed by atoms with E-state index in [9.17, 15) is 0 Å². The van der Waals surface area contributed by atoms with Crippen molar-refractivity contribution in [2.75, 3.05) is 0 Å². The standard InChI is InChI=1S/C11H17N3/c1-8(2)11(12)14-7-10-5-4-9(3)13-6-10/h4-6,8H,7H2,1-3H3,(H2,12,14). The Morgan fingerprint density at radius 3 is 2.71 bits per heavy atom. The Bertz CT molecular complexity index is 312. The number of amidine groups is 1. The highest BCUT2D eigenvalue weighted by molar-refractivity contribution is 5.82. The molecular formula is C11H17N3. The van der Waals surface area contributed by atoms with Crippen LogP contribution >= 0.6 is 0 Å². The summed E-state index contributed by atoms with van der Waals surface area (Å²) in [7, 11) is 0. The van der Waals surface area contributed by atoms with Crippen molar-refractivity contribution < 1.29 is 0 Å². The van der Waals surface area contributed by atoms with Crippen molar-refractivity contribution in [2.24, 2.45) is 16.6 Å². The van der Waals surface area contributed by atoms with E-state index in [2.05, 4.69) is 9.98 Å². The van der Waals surface area contributed by atoms with Crippen molar-refractivity contribution >= 4 is 5.84 Å². The molecule has 0 atom stereocenters. The summed E-state index contributed by atoms with van der Waals surface area (Å²) in [4.78, 5) is 8.47. The highest BCUT2D eigenvalue weighted by atomic mass is 14.9. The molecule has 0 bridgehead atoms. The van der Waals surface area contributed by atoms with E-state index in [1.807, 2.05) is 39.1 Å². The minimum Gasteiger partial charge on any atom is -0.387 e. The lowest BCUT2D eigenvalue weighted by atomic mass is 10.2. The van der Waals surface area contributed by atoms with Crippen LogP contribution in [0.1, 0.15) is 25.1 Å². The summed E-state index contributed by atoms with van der Waals surface area (Å²) in [6.07, 6.45) is 1.84. The quantitative estimate of drug-likeness (QED) is 0.586. The first-order chi connectivity index (χ1) is 6.59. The monoisotopic (exact) mass is 191 g/mol. The van der Waals surface area contributed by atoms with Crippen LogP contribution in [0.25, 0.3) is 0 Å². The van der Waals surface area contributed by atoms with Crippen LogP contribution in [-0.2, 0) is 6.54 Å². The second-order valence-corrected chi connectivity index (χ2v) is 3.70. The zero-order chi connectivity index (χ0) is 10.6. The third kappa shape index (κ3) is 3.17. The van der Waals surface area contributed by atoms with E-state index in [1.54, 1.807) is 0 Å². The maximum Gasteiger partial charge on any atom is 0.0966 e. The molecule has 1 aromatic heterocycles. The third-order valence-electron chi connectivity index (χ3n) is 2.01. The van der Waals surface area contributed by atoms with Crippen LogP contribution in [0.15, 0.2) is 23.3 Å². The summed E-state index contributed by atoms with van der Waals surface area (Å²) in [6.45, 7) is 6.66. The van der Waals surface area contributed by atoms with Gasteiger partial charge >= 0.3 is 0 Å². The third-order valence-corrected chi connectivity index (χ3v) is 2.01. The van der Waals surface area contributed by atoms with Gasteiger partial charge in [-0.2, -0.15) is 0 Å². The largest absolute Gasteiger partial charge is 0.387 e. The van der Waals surface area contributed by atoms with Crippen LogP contribution in [0.2, 0.25) is 0 Å². The number of nitrogens with two attached hydrogens (primary N) is 1. The Balaban J connectivity index is 2.62. The second kappa shape index (κ2) is 4.74. The molecule has 0 unspecified atom stereocenters. The molecule has 0 saturated carbocycles. The molecule has 0 aliphatic carbocycles. The highest BCUT2D eigenvalue weighted by Gasteiger charge is 1.98. The van der Waals surface area contributed by atoms with Crippen LogP contribution in [0, 0.1) is 12.8 Å². The molecule has 0 saturated heterocycles. The van der Waals surface area contributed by atoms with Gasteiger partial charge in [0.25, 0.3) is 0 Å². The first-order valence-corrected chi connectivity index (χ1v) is 4.81. The van der Waals surface area contributed by atoms with E-state index in [0.29, 0.717) is 18.3 Å². The number of pyridine rings is 1. The Labute approximate surface area is 85.1 Å². The Hall–Kier alpha value is -1.38. The average Bonchev–Trinajstić information content (AvgIpc) is 2.16. The maximum absolute atomic E-state index is 5.72. The molecule has 0 aromatic carbocycles. The molecule has 3 nitrogen and oxygen atoms in total. The van der Waals surface area contributed by atoms with E-state index < -0.39 is 0 Å². The number of aryl methyl sites for hydroxylation is 1. The number of nitrogens with zero attached hydrogens (tertiary/aromatic N) is 2. The molecule has 76 valence electrons. The molecule has 3 heteroatoms. The zero-order valence-corrected chi connectivity index (χ0v) is 8.99. The van der Waals surface area contributed by atoms with Crippen molar-refractivity contribution in [3.8, 4) is 0 Å². The predicted octanol–water partition coefficient (Wildman–Crippen LogP) is 1.90. The average molecular weight is 191 g/mol. The topological polar surface area (TPSA) is 51.3 Å². The number of hydrogen-bond donors (Lipinski definition) is 1. The molecule has 1 rings (SSSR count). The van der Waals surface area contributed by atoms with Crippen LogP contribution in [-0.4, -0.2) is 10.8 Å². The lowest BCUT2D eigenvalue weighted by molar-refractivity contribution is 0.853. The van der Waals surface area contributed by atoms with E-state index in [0.717, 1.165) is 11.3 Å². The Morgan fingerprint density at radius 1 is 1.50 bits per heavy atom. The fourth-order valence-electron chi connectivity index (χ4n) is 0.957. The molecule has 0 amide bonds. The van der Waals surface area contributed by atoms with E-state index >= 15 is 0 Å². The summed E-state index contributed by atoms with van der Waals surface area (Å²) in [5, 5.41) is 0. The second-order valence-electron chi connectivity index (χ2n) is 3.70. The molecule has 0 radical (unpaired) electrons. The normalized spacial score (nSPS) is 12.1. The van der Waals surface area contributed by atoms with E-state index in [-0.39, 0.29) is 0 Å². The molecule has 1 heterocycles. The lowest BCUT2D eigenvalue weighted by Crippen LogP contribution is -2.18. The summed E-state index contributed by atoms with van der Waals surface area (Å²) in [6, 6.07) is 4.01. The molecule has 2 N–H and O–H groups in total. The zero-order valence-electron chi connectivity index (χ0n) is 8.99. The SMILES string of the molecule is Cc1ccc(CN=C(N)C(C)C)cn1.